The Hall–Kier alpha value is -0.120. The molecule has 0 saturated carbocycles. The predicted octanol–water partition coefficient (Wildman–Crippen LogP) is 0.708. The van der Waals surface area contributed by atoms with Gasteiger partial charge in [-0.1, -0.05) is 6.92 Å². The quantitative estimate of drug-likeness (QED) is 0.723. The van der Waals surface area contributed by atoms with Gasteiger partial charge in [0.2, 0.25) is 0 Å². The minimum Gasteiger partial charge on any atom is -0.380 e. The summed E-state index contributed by atoms with van der Waals surface area (Å²) in [5.41, 5.74) is 0.490. The van der Waals surface area contributed by atoms with Crippen molar-refractivity contribution in [1.82, 2.24) is 10.2 Å². The second kappa shape index (κ2) is 4.60. The van der Waals surface area contributed by atoms with Crippen LogP contribution in [0, 0.1) is 5.41 Å². The molecule has 3 nitrogen and oxygen atoms in total. The van der Waals surface area contributed by atoms with Gasteiger partial charge in [-0.15, -0.1) is 0 Å². The van der Waals surface area contributed by atoms with Crippen molar-refractivity contribution < 1.29 is 4.74 Å². The number of hydrogen-bond donors (Lipinski definition) is 1. The van der Waals surface area contributed by atoms with Crippen LogP contribution in [0.4, 0.5) is 0 Å². The standard InChI is InChI=1S/C11H22N2O/c1-2-11(9-14-10-11)8-13-6-3-4-12-5-7-13/h12H,2-10H2,1H3. The van der Waals surface area contributed by atoms with E-state index < -0.39 is 0 Å². The topological polar surface area (TPSA) is 24.5 Å². The number of nitrogens with zero attached hydrogens (tertiary/aromatic N) is 1. The Morgan fingerprint density at radius 1 is 1.29 bits per heavy atom. The van der Waals surface area contributed by atoms with E-state index in [4.69, 9.17) is 4.74 Å². The summed E-state index contributed by atoms with van der Waals surface area (Å²) in [6.07, 6.45) is 2.55. The van der Waals surface area contributed by atoms with Crippen LogP contribution >= 0.6 is 0 Å². The smallest absolute Gasteiger partial charge is 0.0557 e. The van der Waals surface area contributed by atoms with Gasteiger partial charge in [0.15, 0.2) is 0 Å². The monoisotopic (exact) mass is 198 g/mol. The highest BCUT2D eigenvalue weighted by atomic mass is 16.5. The second-order valence-electron chi connectivity index (χ2n) is 4.73. The van der Waals surface area contributed by atoms with Gasteiger partial charge in [0.25, 0.3) is 0 Å². The summed E-state index contributed by atoms with van der Waals surface area (Å²) < 4.78 is 5.36. The van der Waals surface area contributed by atoms with Gasteiger partial charge < -0.3 is 15.0 Å². The minimum atomic E-state index is 0.490. The van der Waals surface area contributed by atoms with E-state index in [1.807, 2.05) is 0 Å². The largest absolute Gasteiger partial charge is 0.380 e. The van der Waals surface area contributed by atoms with Crippen molar-refractivity contribution in [2.24, 2.45) is 5.41 Å². The van der Waals surface area contributed by atoms with Gasteiger partial charge in [0, 0.05) is 25.0 Å². The molecule has 82 valence electrons. The first-order valence-electron chi connectivity index (χ1n) is 5.85. The average Bonchev–Trinajstić information content (AvgIpc) is 2.39. The zero-order chi connectivity index (χ0) is 9.86. The lowest BCUT2D eigenvalue weighted by Crippen LogP contribution is -2.51. The predicted molar refractivity (Wildman–Crippen MR) is 57.5 cm³/mol. The van der Waals surface area contributed by atoms with Crippen LogP contribution in [-0.2, 0) is 4.74 Å². The van der Waals surface area contributed by atoms with Gasteiger partial charge in [-0.25, -0.2) is 0 Å². The molecule has 3 heteroatoms. The maximum absolute atomic E-state index is 5.36. The van der Waals surface area contributed by atoms with Crippen molar-refractivity contribution in [3.63, 3.8) is 0 Å². The molecule has 0 amide bonds. The molecule has 0 unspecified atom stereocenters. The third-order valence-corrected chi connectivity index (χ3v) is 3.56. The fourth-order valence-corrected chi connectivity index (χ4v) is 2.33. The van der Waals surface area contributed by atoms with Crippen LogP contribution in [-0.4, -0.2) is 50.8 Å². The molecule has 0 bridgehead atoms. The molecule has 2 saturated heterocycles. The van der Waals surface area contributed by atoms with Crippen LogP contribution in [0.25, 0.3) is 0 Å². The highest BCUT2D eigenvalue weighted by Crippen LogP contribution is 2.32. The molecule has 2 fully saturated rings. The first-order chi connectivity index (χ1) is 6.85. The molecule has 0 atom stereocenters. The Labute approximate surface area is 86.8 Å². The molecular weight excluding hydrogens is 176 g/mol. The molecule has 2 rings (SSSR count). The Morgan fingerprint density at radius 3 is 2.79 bits per heavy atom. The zero-order valence-corrected chi connectivity index (χ0v) is 9.22. The third kappa shape index (κ3) is 2.27. The van der Waals surface area contributed by atoms with Crippen LogP contribution < -0.4 is 5.32 Å². The normalized spacial score (nSPS) is 28.1. The summed E-state index contributed by atoms with van der Waals surface area (Å²) in [5, 5.41) is 3.44. The summed E-state index contributed by atoms with van der Waals surface area (Å²) in [7, 11) is 0. The van der Waals surface area contributed by atoms with Crippen LogP contribution in [0.5, 0.6) is 0 Å². The van der Waals surface area contributed by atoms with E-state index >= 15 is 0 Å². The molecule has 0 aromatic carbocycles. The summed E-state index contributed by atoms with van der Waals surface area (Å²) in [6, 6.07) is 0. The lowest BCUT2D eigenvalue weighted by molar-refractivity contribution is -0.127. The molecule has 0 spiro atoms. The summed E-state index contributed by atoms with van der Waals surface area (Å²) in [5.74, 6) is 0. The second-order valence-corrected chi connectivity index (χ2v) is 4.73. The van der Waals surface area contributed by atoms with Crippen LogP contribution in [0.1, 0.15) is 19.8 Å². The first kappa shape index (κ1) is 10.4. The molecule has 14 heavy (non-hydrogen) atoms. The molecule has 2 aliphatic heterocycles. The highest BCUT2D eigenvalue weighted by molar-refractivity contribution is 4.88. The van der Waals surface area contributed by atoms with Crippen molar-refractivity contribution in [1.29, 1.82) is 0 Å². The highest BCUT2D eigenvalue weighted by Gasteiger charge is 2.38. The summed E-state index contributed by atoms with van der Waals surface area (Å²) >= 11 is 0. The van der Waals surface area contributed by atoms with E-state index in [1.54, 1.807) is 0 Å². The maximum atomic E-state index is 5.36. The zero-order valence-electron chi connectivity index (χ0n) is 9.22. The molecule has 0 aliphatic carbocycles. The Morgan fingerprint density at radius 2 is 2.14 bits per heavy atom. The van der Waals surface area contributed by atoms with E-state index in [2.05, 4.69) is 17.1 Å². The van der Waals surface area contributed by atoms with Gasteiger partial charge >= 0.3 is 0 Å². The molecule has 2 aliphatic rings. The van der Waals surface area contributed by atoms with Gasteiger partial charge in [0.1, 0.15) is 0 Å². The number of hydrogen-bond acceptors (Lipinski definition) is 3. The number of rotatable bonds is 3. The summed E-state index contributed by atoms with van der Waals surface area (Å²) in [6.45, 7) is 10.3. The summed E-state index contributed by atoms with van der Waals surface area (Å²) in [4.78, 5) is 2.60. The fraction of sp³-hybridized carbons (Fsp3) is 1.00. The number of nitrogens with one attached hydrogen (secondary N) is 1. The van der Waals surface area contributed by atoms with E-state index in [9.17, 15) is 0 Å². The van der Waals surface area contributed by atoms with E-state index in [0.717, 1.165) is 19.8 Å². The minimum absolute atomic E-state index is 0.490. The van der Waals surface area contributed by atoms with Crippen LogP contribution in [0.3, 0.4) is 0 Å². The molecule has 2 heterocycles. The lowest BCUT2D eigenvalue weighted by Gasteiger charge is -2.44. The SMILES string of the molecule is CCC1(CN2CCCNCC2)COC1. The van der Waals surface area contributed by atoms with Gasteiger partial charge in [-0.3, -0.25) is 0 Å². The van der Waals surface area contributed by atoms with Crippen molar-refractivity contribution in [2.45, 2.75) is 19.8 Å². The third-order valence-electron chi connectivity index (χ3n) is 3.56. The average molecular weight is 198 g/mol. The Bertz CT molecular complexity index is 167. The van der Waals surface area contributed by atoms with Crippen LogP contribution in [0.15, 0.2) is 0 Å². The lowest BCUT2D eigenvalue weighted by atomic mass is 9.82. The van der Waals surface area contributed by atoms with Crippen molar-refractivity contribution in [3.8, 4) is 0 Å². The number of ether oxygens (including phenoxy) is 1. The van der Waals surface area contributed by atoms with E-state index in [1.165, 1.54) is 39.0 Å². The fourth-order valence-electron chi connectivity index (χ4n) is 2.33. The van der Waals surface area contributed by atoms with E-state index in [-0.39, 0.29) is 0 Å². The molecule has 0 aromatic rings. The molecule has 0 radical (unpaired) electrons. The Balaban J connectivity index is 1.82. The van der Waals surface area contributed by atoms with Crippen molar-refractivity contribution in [3.05, 3.63) is 0 Å². The van der Waals surface area contributed by atoms with Gasteiger partial charge in [0.05, 0.1) is 13.2 Å². The Kier molecular flexibility index (Phi) is 3.42. The van der Waals surface area contributed by atoms with Crippen molar-refractivity contribution in [2.75, 3.05) is 45.9 Å². The molecule has 0 aromatic heterocycles. The van der Waals surface area contributed by atoms with Crippen LogP contribution in [0.2, 0.25) is 0 Å². The van der Waals surface area contributed by atoms with Gasteiger partial charge in [-0.05, 0) is 25.9 Å². The van der Waals surface area contributed by atoms with E-state index in [0.29, 0.717) is 5.41 Å². The van der Waals surface area contributed by atoms with Gasteiger partial charge in [-0.2, -0.15) is 0 Å². The first-order valence-corrected chi connectivity index (χ1v) is 5.85. The molecule has 1 N–H and O–H groups in total. The molecular formula is C11H22N2O. The maximum Gasteiger partial charge on any atom is 0.0557 e. The van der Waals surface area contributed by atoms with Crippen molar-refractivity contribution >= 4 is 0 Å².